The number of rotatable bonds is 5. The van der Waals surface area contributed by atoms with Crippen molar-refractivity contribution in [2.75, 3.05) is 6.61 Å². The average Bonchev–Trinajstić information content (AvgIpc) is 3.15. The molecule has 0 atom stereocenters. The van der Waals surface area contributed by atoms with Crippen LogP contribution in [0.4, 0.5) is 14.5 Å². The van der Waals surface area contributed by atoms with Crippen LogP contribution in [0.5, 0.6) is 0 Å². The molecule has 19 heavy (non-hydrogen) atoms. The maximum Gasteiger partial charge on any atom is 0.341 e. The van der Waals surface area contributed by atoms with Crippen molar-refractivity contribution in [1.82, 2.24) is 0 Å². The van der Waals surface area contributed by atoms with Crippen molar-refractivity contribution in [3.63, 3.8) is 0 Å². The third-order valence-electron chi connectivity index (χ3n) is 2.91. The minimum atomic E-state index is -1.26. The molecule has 7 heteroatoms. The van der Waals surface area contributed by atoms with Gasteiger partial charge in [0.1, 0.15) is 5.82 Å². The second kappa shape index (κ2) is 5.29. The lowest BCUT2D eigenvalue weighted by molar-refractivity contribution is -0.387. The van der Waals surface area contributed by atoms with Gasteiger partial charge in [-0.15, -0.1) is 0 Å². The van der Waals surface area contributed by atoms with E-state index in [1.807, 2.05) is 0 Å². The highest BCUT2D eigenvalue weighted by Crippen LogP contribution is 2.32. The topological polar surface area (TPSA) is 69.4 Å². The number of carbonyl (C=O) groups excluding carboxylic acids is 1. The first-order valence-corrected chi connectivity index (χ1v) is 5.79. The second-order valence-electron chi connectivity index (χ2n) is 4.41. The molecule has 0 heterocycles. The number of nitro benzene ring substituents is 1. The molecule has 102 valence electrons. The first-order valence-electron chi connectivity index (χ1n) is 5.79. The van der Waals surface area contributed by atoms with Crippen molar-refractivity contribution in [2.45, 2.75) is 19.3 Å². The molecule has 1 aromatic carbocycles. The molecule has 0 aromatic heterocycles. The van der Waals surface area contributed by atoms with E-state index in [1.165, 1.54) is 0 Å². The summed E-state index contributed by atoms with van der Waals surface area (Å²) < 4.78 is 31.6. The maximum absolute atomic E-state index is 13.5. The molecule has 0 saturated heterocycles. The van der Waals surface area contributed by atoms with Crippen molar-refractivity contribution < 1.29 is 23.2 Å². The van der Waals surface area contributed by atoms with Crippen molar-refractivity contribution in [3.8, 4) is 0 Å². The van der Waals surface area contributed by atoms with Gasteiger partial charge in [-0.2, -0.15) is 4.39 Å². The quantitative estimate of drug-likeness (QED) is 0.469. The number of esters is 1. The zero-order valence-electron chi connectivity index (χ0n) is 9.90. The molecule has 0 unspecified atom stereocenters. The van der Waals surface area contributed by atoms with Gasteiger partial charge in [-0.1, -0.05) is 12.8 Å². The van der Waals surface area contributed by atoms with Gasteiger partial charge in [0.2, 0.25) is 5.82 Å². The Morgan fingerprint density at radius 1 is 1.37 bits per heavy atom. The van der Waals surface area contributed by atoms with Gasteiger partial charge in [-0.3, -0.25) is 10.1 Å². The van der Waals surface area contributed by atoms with E-state index >= 15 is 0 Å². The van der Waals surface area contributed by atoms with Gasteiger partial charge < -0.3 is 4.74 Å². The fourth-order valence-corrected chi connectivity index (χ4v) is 1.64. The molecule has 5 nitrogen and oxygen atoms in total. The molecule has 0 radical (unpaired) electrons. The maximum atomic E-state index is 13.5. The summed E-state index contributed by atoms with van der Waals surface area (Å²) in [6, 6.07) is 0.875. The molecular weight excluding hydrogens is 260 g/mol. The normalized spacial score (nSPS) is 14.2. The largest absolute Gasteiger partial charge is 0.462 e. The Bertz CT molecular complexity index is 529. The van der Waals surface area contributed by atoms with Crippen molar-refractivity contribution in [1.29, 1.82) is 0 Å². The monoisotopic (exact) mass is 271 g/mol. The number of carbonyl (C=O) groups is 1. The number of ether oxygens (including phenoxy) is 1. The highest BCUT2D eigenvalue weighted by molar-refractivity contribution is 5.90. The van der Waals surface area contributed by atoms with E-state index in [0.29, 0.717) is 24.5 Å². The minimum Gasteiger partial charge on any atom is -0.462 e. The number of nitro groups is 1. The fourth-order valence-electron chi connectivity index (χ4n) is 1.64. The summed E-state index contributed by atoms with van der Waals surface area (Å²) in [5.74, 6) is -2.89. The molecule has 0 aliphatic heterocycles. The van der Waals surface area contributed by atoms with Gasteiger partial charge in [0, 0.05) is 0 Å². The van der Waals surface area contributed by atoms with Gasteiger partial charge in [0.05, 0.1) is 23.2 Å². The van der Waals surface area contributed by atoms with Gasteiger partial charge in [-0.25, -0.2) is 9.18 Å². The van der Waals surface area contributed by atoms with Gasteiger partial charge in [-0.05, 0) is 18.4 Å². The van der Waals surface area contributed by atoms with Crippen molar-refractivity contribution >= 4 is 11.7 Å². The summed E-state index contributed by atoms with van der Waals surface area (Å²) in [6.45, 7) is 0.140. The Morgan fingerprint density at radius 3 is 2.63 bits per heavy atom. The lowest BCUT2D eigenvalue weighted by atomic mass is 10.2. The summed E-state index contributed by atoms with van der Waals surface area (Å²) in [6.07, 6.45) is 2.89. The molecule has 1 aliphatic carbocycles. The lowest BCUT2D eigenvalue weighted by Crippen LogP contribution is -2.10. The predicted molar refractivity (Wildman–Crippen MR) is 60.6 cm³/mol. The van der Waals surface area contributed by atoms with Crippen LogP contribution < -0.4 is 0 Å². The number of hydrogen-bond acceptors (Lipinski definition) is 4. The minimum absolute atomic E-state index is 0.140. The van der Waals surface area contributed by atoms with Crippen molar-refractivity contribution in [3.05, 3.63) is 39.4 Å². The zero-order valence-corrected chi connectivity index (χ0v) is 9.90. The third-order valence-corrected chi connectivity index (χ3v) is 2.91. The van der Waals surface area contributed by atoms with Crippen LogP contribution in [-0.2, 0) is 4.74 Å². The highest BCUT2D eigenvalue weighted by Gasteiger charge is 2.24. The Balaban J connectivity index is 2.07. The molecule has 2 rings (SSSR count). The van der Waals surface area contributed by atoms with E-state index in [-0.39, 0.29) is 6.61 Å². The zero-order chi connectivity index (χ0) is 14.0. The smallest absolute Gasteiger partial charge is 0.341 e. The van der Waals surface area contributed by atoms with Crippen LogP contribution in [-0.4, -0.2) is 17.5 Å². The molecule has 0 bridgehead atoms. The first-order chi connectivity index (χ1) is 8.99. The van der Waals surface area contributed by atoms with Crippen LogP contribution >= 0.6 is 0 Å². The van der Waals surface area contributed by atoms with Crippen LogP contribution in [0.15, 0.2) is 12.1 Å². The first kappa shape index (κ1) is 13.4. The van der Waals surface area contributed by atoms with E-state index in [0.717, 1.165) is 12.8 Å². The summed E-state index contributed by atoms with van der Waals surface area (Å²) in [4.78, 5) is 20.8. The Morgan fingerprint density at radius 2 is 2.05 bits per heavy atom. The SMILES string of the molecule is O=C(OCCC1CC1)c1cc(F)c([N+](=O)[O-])cc1F. The number of nitrogens with zero attached hydrogens (tertiary/aromatic N) is 1. The van der Waals surface area contributed by atoms with E-state index < -0.39 is 33.8 Å². The summed E-state index contributed by atoms with van der Waals surface area (Å²) in [5.41, 5.74) is -1.63. The van der Waals surface area contributed by atoms with Crippen LogP contribution in [0.1, 0.15) is 29.6 Å². The lowest BCUT2D eigenvalue weighted by Gasteiger charge is -2.05. The molecule has 1 aliphatic rings. The molecule has 1 fully saturated rings. The third kappa shape index (κ3) is 3.24. The second-order valence-corrected chi connectivity index (χ2v) is 4.41. The summed E-state index contributed by atoms with van der Waals surface area (Å²) in [5, 5.41) is 10.4. The average molecular weight is 271 g/mol. The van der Waals surface area contributed by atoms with Gasteiger partial charge >= 0.3 is 11.7 Å². The number of hydrogen-bond donors (Lipinski definition) is 0. The Labute approximate surface area is 107 Å². The molecule has 1 aromatic rings. The Kier molecular flexibility index (Phi) is 3.73. The standard InChI is InChI=1S/C12H11F2NO4/c13-9-6-11(15(17)18)10(14)5-8(9)12(16)19-4-3-7-1-2-7/h5-7H,1-4H2. The van der Waals surface area contributed by atoms with Crippen LogP contribution in [0, 0.1) is 27.7 Å². The van der Waals surface area contributed by atoms with Gasteiger partial charge in [0.25, 0.3) is 0 Å². The summed E-state index contributed by atoms with van der Waals surface area (Å²) in [7, 11) is 0. The van der Waals surface area contributed by atoms with Crippen LogP contribution in [0.3, 0.4) is 0 Å². The molecular formula is C12H11F2NO4. The molecule has 0 N–H and O–H groups in total. The number of benzene rings is 1. The van der Waals surface area contributed by atoms with E-state index in [1.54, 1.807) is 0 Å². The van der Waals surface area contributed by atoms with Crippen LogP contribution in [0.2, 0.25) is 0 Å². The van der Waals surface area contributed by atoms with E-state index in [9.17, 15) is 23.7 Å². The molecule has 0 spiro atoms. The molecule has 1 saturated carbocycles. The Hall–Kier alpha value is -2.05. The number of halogens is 2. The highest BCUT2D eigenvalue weighted by atomic mass is 19.1. The summed E-state index contributed by atoms with van der Waals surface area (Å²) >= 11 is 0. The van der Waals surface area contributed by atoms with Gasteiger partial charge in [0.15, 0.2) is 0 Å². The van der Waals surface area contributed by atoms with Crippen LogP contribution in [0.25, 0.3) is 0 Å². The van der Waals surface area contributed by atoms with Crippen molar-refractivity contribution in [2.24, 2.45) is 5.92 Å². The van der Waals surface area contributed by atoms with E-state index in [4.69, 9.17) is 4.74 Å². The fraction of sp³-hybridized carbons (Fsp3) is 0.417. The molecule has 0 amide bonds. The predicted octanol–water partition coefficient (Wildman–Crippen LogP) is 2.83. The van der Waals surface area contributed by atoms with E-state index in [2.05, 4.69) is 0 Å².